The molecule has 0 aliphatic carbocycles. The monoisotopic (exact) mass is 295 g/mol. The molecule has 1 heterocycles. The van der Waals surface area contributed by atoms with Gasteiger partial charge < -0.3 is 9.64 Å². The van der Waals surface area contributed by atoms with Gasteiger partial charge in [0.15, 0.2) is 0 Å². The van der Waals surface area contributed by atoms with E-state index in [0.29, 0.717) is 5.92 Å². The lowest BCUT2D eigenvalue weighted by Crippen LogP contribution is -2.41. The molecule has 0 spiro atoms. The lowest BCUT2D eigenvalue weighted by Gasteiger charge is -2.32. The highest BCUT2D eigenvalue weighted by Gasteiger charge is 2.25. The number of ether oxygens (including phenoxy) is 1. The van der Waals surface area contributed by atoms with Gasteiger partial charge in [-0.1, -0.05) is 38.3 Å². The second-order valence-corrected chi connectivity index (χ2v) is 7.08. The first-order chi connectivity index (χ1) is 9.92. The Morgan fingerprint density at radius 1 is 1.19 bits per heavy atom. The number of hydrogen-bond donors (Lipinski definition) is 0. The van der Waals surface area contributed by atoms with E-state index in [-0.39, 0.29) is 6.09 Å². The number of piperidine rings is 1. The molecule has 1 aliphatic rings. The molecule has 0 aromatic carbocycles. The van der Waals surface area contributed by atoms with Gasteiger partial charge in [0, 0.05) is 13.1 Å². The molecule has 1 saturated heterocycles. The van der Waals surface area contributed by atoms with Crippen LogP contribution in [0.3, 0.4) is 0 Å². The van der Waals surface area contributed by atoms with Crippen molar-refractivity contribution in [2.24, 2.45) is 5.92 Å². The molecule has 0 aromatic heterocycles. The number of allylic oxidation sites excluding steroid dienone is 2. The second-order valence-electron chi connectivity index (χ2n) is 7.08. The predicted molar refractivity (Wildman–Crippen MR) is 88.4 cm³/mol. The number of amides is 1. The summed E-state index contributed by atoms with van der Waals surface area (Å²) in [4.78, 5) is 13.8. The molecule has 3 heteroatoms. The molecule has 0 atom stereocenters. The van der Waals surface area contributed by atoms with E-state index in [4.69, 9.17) is 4.74 Å². The maximum Gasteiger partial charge on any atom is 0.410 e. The first kappa shape index (κ1) is 18.1. The van der Waals surface area contributed by atoms with Crippen molar-refractivity contribution in [1.29, 1.82) is 0 Å². The lowest BCUT2D eigenvalue weighted by atomic mass is 9.96. The van der Waals surface area contributed by atoms with E-state index in [1.165, 1.54) is 32.1 Å². The van der Waals surface area contributed by atoms with Crippen molar-refractivity contribution in [3.63, 3.8) is 0 Å². The van der Waals surface area contributed by atoms with Crippen molar-refractivity contribution in [2.45, 2.75) is 78.2 Å². The Morgan fingerprint density at radius 3 is 2.43 bits per heavy atom. The molecular weight excluding hydrogens is 262 g/mol. The van der Waals surface area contributed by atoms with Crippen LogP contribution in [-0.4, -0.2) is 29.7 Å². The molecule has 0 unspecified atom stereocenters. The van der Waals surface area contributed by atoms with Gasteiger partial charge in [-0.15, -0.1) is 0 Å². The van der Waals surface area contributed by atoms with Crippen molar-refractivity contribution in [1.82, 2.24) is 4.90 Å². The zero-order valence-corrected chi connectivity index (χ0v) is 14.4. The van der Waals surface area contributed by atoms with Gasteiger partial charge in [0.25, 0.3) is 0 Å². The summed E-state index contributed by atoms with van der Waals surface area (Å²) in [6.45, 7) is 9.63. The molecule has 1 amide bonds. The predicted octanol–water partition coefficient (Wildman–Crippen LogP) is 5.16. The van der Waals surface area contributed by atoms with Crippen LogP contribution in [0.15, 0.2) is 12.2 Å². The third-order valence-corrected chi connectivity index (χ3v) is 3.82. The van der Waals surface area contributed by atoms with Gasteiger partial charge in [-0.2, -0.15) is 0 Å². The standard InChI is InChI=1S/C18H33NO2/c1-5-6-7-8-9-10-11-16-12-14-19(15-13-16)17(20)21-18(2,3)4/h10-11,16H,5-9,12-15H2,1-4H3/b11-10-. The molecule has 0 N–H and O–H groups in total. The van der Waals surface area contributed by atoms with Crippen LogP contribution in [-0.2, 0) is 4.74 Å². The minimum atomic E-state index is -0.397. The number of nitrogens with zero attached hydrogens (tertiary/aromatic N) is 1. The maximum atomic E-state index is 12.0. The summed E-state index contributed by atoms with van der Waals surface area (Å²) in [5.41, 5.74) is -0.397. The van der Waals surface area contributed by atoms with E-state index in [0.717, 1.165) is 25.9 Å². The first-order valence-electron chi connectivity index (χ1n) is 8.57. The van der Waals surface area contributed by atoms with Crippen LogP contribution >= 0.6 is 0 Å². The number of likely N-dealkylation sites (tertiary alicyclic amines) is 1. The molecular formula is C18H33NO2. The van der Waals surface area contributed by atoms with E-state index in [9.17, 15) is 4.79 Å². The summed E-state index contributed by atoms with van der Waals surface area (Å²) in [7, 11) is 0. The van der Waals surface area contributed by atoms with Gasteiger partial charge in [-0.05, 0) is 52.4 Å². The third kappa shape index (κ3) is 8.13. The molecule has 21 heavy (non-hydrogen) atoms. The zero-order valence-electron chi connectivity index (χ0n) is 14.4. The smallest absolute Gasteiger partial charge is 0.410 e. The molecule has 0 radical (unpaired) electrons. The minimum Gasteiger partial charge on any atom is -0.444 e. The van der Waals surface area contributed by atoms with Crippen LogP contribution in [0.1, 0.15) is 72.6 Å². The third-order valence-electron chi connectivity index (χ3n) is 3.82. The Balaban J connectivity index is 2.20. The SMILES string of the molecule is CCCCCC/C=C\C1CCN(C(=O)OC(C)(C)C)CC1. The summed E-state index contributed by atoms with van der Waals surface area (Å²) in [6, 6.07) is 0. The fourth-order valence-corrected chi connectivity index (χ4v) is 2.58. The maximum absolute atomic E-state index is 12.0. The molecule has 1 rings (SSSR count). The van der Waals surface area contributed by atoms with Gasteiger partial charge in [-0.25, -0.2) is 4.79 Å². The van der Waals surface area contributed by atoms with Crippen molar-refractivity contribution in [3.05, 3.63) is 12.2 Å². The van der Waals surface area contributed by atoms with Gasteiger partial charge in [0.1, 0.15) is 5.60 Å². The molecule has 1 aliphatic heterocycles. The van der Waals surface area contributed by atoms with Crippen LogP contribution in [0.25, 0.3) is 0 Å². The average molecular weight is 295 g/mol. The van der Waals surface area contributed by atoms with E-state index >= 15 is 0 Å². The Hall–Kier alpha value is -0.990. The highest BCUT2D eigenvalue weighted by molar-refractivity contribution is 5.68. The quantitative estimate of drug-likeness (QED) is 0.500. The van der Waals surface area contributed by atoms with Crippen molar-refractivity contribution in [3.8, 4) is 0 Å². The van der Waals surface area contributed by atoms with E-state index < -0.39 is 5.60 Å². The summed E-state index contributed by atoms with van der Waals surface area (Å²) in [5.74, 6) is 0.634. The molecule has 3 nitrogen and oxygen atoms in total. The molecule has 122 valence electrons. The Kier molecular flexibility index (Phi) is 7.84. The number of rotatable bonds is 6. The van der Waals surface area contributed by atoms with Crippen molar-refractivity contribution in [2.75, 3.05) is 13.1 Å². The van der Waals surface area contributed by atoms with Gasteiger partial charge in [-0.3, -0.25) is 0 Å². The van der Waals surface area contributed by atoms with Crippen LogP contribution in [0.5, 0.6) is 0 Å². The van der Waals surface area contributed by atoms with Gasteiger partial charge in [0.05, 0.1) is 0 Å². The van der Waals surface area contributed by atoms with Gasteiger partial charge in [0.2, 0.25) is 0 Å². The fourth-order valence-electron chi connectivity index (χ4n) is 2.58. The lowest BCUT2D eigenvalue weighted by molar-refractivity contribution is 0.0197. The fraction of sp³-hybridized carbons (Fsp3) is 0.833. The first-order valence-corrected chi connectivity index (χ1v) is 8.57. The summed E-state index contributed by atoms with van der Waals surface area (Å²) in [6.07, 6.45) is 13.2. The van der Waals surface area contributed by atoms with Crippen molar-refractivity contribution < 1.29 is 9.53 Å². The zero-order chi connectivity index (χ0) is 15.7. The Labute approximate surface area is 130 Å². The second kappa shape index (κ2) is 9.11. The van der Waals surface area contributed by atoms with Crippen LogP contribution in [0.2, 0.25) is 0 Å². The van der Waals surface area contributed by atoms with Crippen molar-refractivity contribution >= 4 is 6.09 Å². The molecule has 0 saturated carbocycles. The summed E-state index contributed by atoms with van der Waals surface area (Å²) < 4.78 is 5.42. The molecule has 0 aromatic rings. The minimum absolute atomic E-state index is 0.163. The average Bonchev–Trinajstić information content (AvgIpc) is 2.41. The normalized spacial score (nSPS) is 17.4. The van der Waals surface area contributed by atoms with Crippen LogP contribution < -0.4 is 0 Å². The van der Waals surface area contributed by atoms with Crippen LogP contribution in [0.4, 0.5) is 4.79 Å². The Bertz CT molecular complexity index is 323. The van der Waals surface area contributed by atoms with Gasteiger partial charge >= 0.3 is 6.09 Å². The molecule has 0 bridgehead atoms. The highest BCUT2D eigenvalue weighted by Crippen LogP contribution is 2.21. The van der Waals surface area contributed by atoms with E-state index in [2.05, 4.69) is 19.1 Å². The number of carbonyl (C=O) groups is 1. The Morgan fingerprint density at radius 2 is 1.86 bits per heavy atom. The number of unbranched alkanes of at least 4 members (excludes halogenated alkanes) is 4. The van der Waals surface area contributed by atoms with Crippen LogP contribution in [0, 0.1) is 5.92 Å². The van der Waals surface area contributed by atoms with E-state index in [1.807, 2.05) is 25.7 Å². The largest absolute Gasteiger partial charge is 0.444 e. The topological polar surface area (TPSA) is 29.5 Å². The van der Waals surface area contributed by atoms with E-state index in [1.54, 1.807) is 0 Å². The summed E-state index contributed by atoms with van der Waals surface area (Å²) >= 11 is 0. The number of carbonyl (C=O) groups excluding carboxylic acids is 1. The molecule has 1 fully saturated rings. The number of hydrogen-bond acceptors (Lipinski definition) is 2. The highest BCUT2D eigenvalue weighted by atomic mass is 16.6. The summed E-state index contributed by atoms with van der Waals surface area (Å²) in [5, 5.41) is 0.